The van der Waals surface area contributed by atoms with Crippen molar-refractivity contribution in [3.8, 4) is 22.5 Å². The van der Waals surface area contributed by atoms with Crippen molar-refractivity contribution in [2.45, 2.75) is 114 Å². The van der Waals surface area contributed by atoms with Crippen LogP contribution in [0.15, 0.2) is 73.0 Å². The Labute approximate surface area is 323 Å². The smallest absolute Gasteiger partial charge is 0.164 e. The molecule has 0 saturated carbocycles. The van der Waals surface area contributed by atoms with Gasteiger partial charge in [0.25, 0.3) is 0 Å². The summed E-state index contributed by atoms with van der Waals surface area (Å²) in [4.78, 5) is 27.3. The molecule has 275 valence electrons. The summed E-state index contributed by atoms with van der Waals surface area (Å²) in [5.41, 5.74) is 4.55. The molecule has 5 rings (SSSR count). The molecule has 0 aliphatic rings. The van der Waals surface area contributed by atoms with Crippen molar-refractivity contribution in [3.63, 3.8) is 0 Å². The summed E-state index contributed by atoms with van der Waals surface area (Å²) < 4.78 is 1.24. The first-order valence-electron chi connectivity index (χ1n) is 18.2. The Bertz CT molecular complexity index is 1960. The maximum absolute atomic E-state index is 12.2. The summed E-state index contributed by atoms with van der Waals surface area (Å²) in [5.74, 6) is 0.911. The number of benzene rings is 2. The number of hydrogen-bond donors (Lipinski definition) is 1. The third kappa shape index (κ3) is 9.80. The molecular formula is C44H56IrN3O2S-. The minimum absolute atomic E-state index is 0. The predicted octanol–water partition coefficient (Wildman–Crippen LogP) is 12.5. The van der Waals surface area contributed by atoms with Crippen molar-refractivity contribution >= 4 is 38.0 Å². The number of hydrogen-bond acceptors (Lipinski definition) is 6. The van der Waals surface area contributed by atoms with Gasteiger partial charge < -0.3 is 5.11 Å². The van der Waals surface area contributed by atoms with Gasteiger partial charge >= 0.3 is 0 Å². The quantitative estimate of drug-likeness (QED) is 0.0812. The fourth-order valence-corrected chi connectivity index (χ4v) is 7.39. The molecule has 0 unspecified atom stereocenters. The Morgan fingerprint density at radius 1 is 0.882 bits per heavy atom. The molecule has 0 amide bonds. The molecular weight excluding hydrogens is 827 g/mol. The average molecular weight is 883 g/mol. The normalized spacial score (nSPS) is 12.5. The SMILES string of the molecule is CC(C)Cc1cc2cncc(-c3cc(-c4[c-]c5ccccc5c(C(C)(C)C)c4)ncn3)c2s1.CCC(C)(CC)C(=O)/C=C(\O)C(C)(CC)CC.[Ir]. The van der Waals surface area contributed by atoms with Gasteiger partial charge in [0, 0.05) is 75.6 Å². The van der Waals surface area contributed by atoms with Crippen LogP contribution < -0.4 is 0 Å². The fourth-order valence-electron chi connectivity index (χ4n) is 6.02. The molecule has 5 aromatic rings. The standard InChI is InChI=1S/C29H28N3S.C15H28O2.Ir/c1-18(2)10-22-12-21-15-30-16-24(28(21)33-22)27-14-26(31-17-32-27)20-11-19-8-6-7-9-23(19)25(13-20)29(3,4)5;1-7-14(5,8-2)12(16)11-13(17)15(6,9-3)10-4;/h6-9,12-18H,10H2,1-5H3;11,16H,7-10H2,1-6H3;/q-1;;/b;12-11-;. The van der Waals surface area contributed by atoms with E-state index in [2.05, 4.69) is 98.1 Å². The van der Waals surface area contributed by atoms with Crippen LogP contribution in [0.2, 0.25) is 0 Å². The van der Waals surface area contributed by atoms with Crippen molar-refractivity contribution in [1.29, 1.82) is 0 Å². The van der Waals surface area contributed by atoms with Crippen LogP contribution >= 0.6 is 11.3 Å². The molecule has 0 aliphatic heterocycles. The van der Waals surface area contributed by atoms with Gasteiger partial charge in [0.15, 0.2) is 5.78 Å². The third-order valence-electron chi connectivity index (χ3n) is 10.5. The summed E-state index contributed by atoms with van der Waals surface area (Å²) in [5, 5.41) is 13.7. The van der Waals surface area contributed by atoms with Crippen molar-refractivity contribution < 1.29 is 30.0 Å². The van der Waals surface area contributed by atoms with E-state index in [-0.39, 0.29) is 47.9 Å². The Morgan fingerprint density at radius 2 is 1.51 bits per heavy atom. The Morgan fingerprint density at radius 3 is 2.12 bits per heavy atom. The second-order valence-corrected chi connectivity index (χ2v) is 16.7. The largest absolute Gasteiger partial charge is 0.512 e. The summed E-state index contributed by atoms with van der Waals surface area (Å²) in [6, 6.07) is 18.6. The number of rotatable bonds is 11. The van der Waals surface area contributed by atoms with E-state index in [1.54, 1.807) is 6.33 Å². The number of carbonyl (C=O) groups is 1. The molecule has 0 fully saturated rings. The average Bonchev–Trinajstić information content (AvgIpc) is 3.52. The Kier molecular flexibility index (Phi) is 14.5. The molecule has 0 aliphatic carbocycles. The minimum atomic E-state index is -0.337. The van der Waals surface area contributed by atoms with Gasteiger partial charge in [-0.3, -0.25) is 14.8 Å². The van der Waals surface area contributed by atoms with Crippen LogP contribution in [-0.2, 0) is 36.7 Å². The minimum Gasteiger partial charge on any atom is -0.512 e. The first-order valence-corrected chi connectivity index (χ1v) is 19.0. The molecule has 0 bridgehead atoms. The van der Waals surface area contributed by atoms with E-state index < -0.39 is 0 Å². The number of allylic oxidation sites excluding steroid dienone is 2. The Balaban J connectivity index is 0.000000335. The van der Waals surface area contributed by atoms with E-state index in [0.717, 1.165) is 60.0 Å². The van der Waals surface area contributed by atoms with E-state index in [9.17, 15) is 9.90 Å². The summed E-state index contributed by atoms with van der Waals surface area (Å²) in [7, 11) is 0. The number of ketones is 1. The van der Waals surface area contributed by atoms with Gasteiger partial charge in [-0.15, -0.1) is 40.5 Å². The molecule has 7 heteroatoms. The maximum Gasteiger partial charge on any atom is 0.164 e. The van der Waals surface area contributed by atoms with Crippen LogP contribution in [0.25, 0.3) is 43.4 Å². The van der Waals surface area contributed by atoms with Gasteiger partial charge in [-0.1, -0.05) is 105 Å². The second-order valence-electron chi connectivity index (χ2n) is 15.5. The van der Waals surface area contributed by atoms with E-state index in [0.29, 0.717) is 5.92 Å². The number of pyridine rings is 1. The van der Waals surface area contributed by atoms with Crippen molar-refractivity contribution in [2.75, 3.05) is 0 Å². The number of thiophene rings is 1. The van der Waals surface area contributed by atoms with Crippen LogP contribution in [0, 0.1) is 22.8 Å². The number of aliphatic hydroxyl groups is 1. The molecule has 2 aromatic carbocycles. The molecule has 1 N–H and O–H groups in total. The van der Waals surface area contributed by atoms with E-state index in [1.165, 1.54) is 32.0 Å². The van der Waals surface area contributed by atoms with Crippen LogP contribution in [0.5, 0.6) is 0 Å². The first kappa shape index (κ1) is 42.2. The summed E-state index contributed by atoms with van der Waals surface area (Å²) >= 11 is 1.85. The monoisotopic (exact) mass is 883 g/mol. The molecule has 0 saturated heterocycles. The third-order valence-corrected chi connectivity index (χ3v) is 11.7. The number of fused-ring (bicyclic) bond motifs is 2. The predicted molar refractivity (Wildman–Crippen MR) is 213 cm³/mol. The van der Waals surface area contributed by atoms with Crippen molar-refractivity contribution in [3.05, 3.63) is 89.5 Å². The molecule has 0 spiro atoms. The van der Waals surface area contributed by atoms with Gasteiger partial charge in [-0.2, -0.15) is 0 Å². The zero-order chi connectivity index (χ0) is 36.9. The summed E-state index contributed by atoms with van der Waals surface area (Å²) in [6.45, 7) is 23.4. The number of carbonyl (C=O) groups excluding carboxylic acids is 1. The van der Waals surface area contributed by atoms with Crippen LogP contribution in [-0.4, -0.2) is 25.8 Å². The van der Waals surface area contributed by atoms with Gasteiger partial charge in [-0.05, 0) is 55.6 Å². The topological polar surface area (TPSA) is 76.0 Å². The zero-order valence-corrected chi connectivity index (χ0v) is 35.6. The van der Waals surface area contributed by atoms with Gasteiger partial charge in [0.2, 0.25) is 0 Å². The first-order chi connectivity index (χ1) is 23.6. The Hall–Kier alpha value is -3.25. The molecule has 3 heterocycles. The van der Waals surface area contributed by atoms with Gasteiger partial charge in [0.05, 0.1) is 5.69 Å². The molecule has 1 radical (unpaired) electrons. The fraction of sp³-hybridized carbons (Fsp3) is 0.455. The van der Waals surface area contributed by atoms with Crippen LogP contribution in [0.4, 0.5) is 0 Å². The van der Waals surface area contributed by atoms with E-state index >= 15 is 0 Å². The number of aromatic nitrogens is 3. The second kappa shape index (κ2) is 17.5. The molecule has 0 atom stereocenters. The zero-order valence-electron chi connectivity index (χ0n) is 32.4. The van der Waals surface area contributed by atoms with Gasteiger partial charge in [0.1, 0.15) is 12.1 Å². The van der Waals surface area contributed by atoms with Crippen LogP contribution in [0.3, 0.4) is 0 Å². The van der Waals surface area contributed by atoms with E-state index in [1.807, 2.05) is 65.3 Å². The van der Waals surface area contributed by atoms with Crippen molar-refractivity contribution in [1.82, 2.24) is 15.0 Å². The molecule has 3 aromatic heterocycles. The summed E-state index contributed by atoms with van der Waals surface area (Å²) in [6.07, 6.45) is 11.4. The number of aliphatic hydroxyl groups excluding tert-OH is 1. The van der Waals surface area contributed by atoms with Crippen LogP contribution in [0.1, 0.15) is 112 Å². The van der Waals surface area contributed by atoms with Gasteiger partial charge in [-0.25, -0.2) is 4.98 Å². The molecule has 5 nitrogen and oxygen atoms in total. The maximum atomic E-state index is 12.2. The van der Waals surface area contributed by atoms with Crippen molar-refractivity contribution in [2.24, 2.45) is 16.7 Å². The number of nitrogens with zero attached hydrogens (tertiary/aromatic N) is 3. The van der Waals surface area contributed by atoms with E-state index in [4.69, 9.17) is 0 Å². The molecule has 51 heavy (non-hydrogen) atoms.